The molecule has 0 radical (unpaired) electrons. The highest BCUT2D eigenvalue weighted by Crippen LogP contribution is 2.40. The largest absolute Gasteiger partial charge is 0.478 e. The molecule has 2 N–H and O–H groups in total. The van der Waals surface area contributed by atoms with Gasteiger partial charge in [0.1, 0.15) is 6.33 Å². The maximum atomic E-state index is 11.8. The zero-order valence-electron chi connectivity index (χ0n) is 14.6. The molecule has 9 nitrogen and oxygen atoms in total. The van der Waals surface area contributed by atoms with Gasteiger partial charge in [-0.3, -0.25) is 10.1 Å². The lowest BCUT2D eigenvalue weighted by atomic mass is 10.2. The molecule has 140 valence electrons. The van der Waals surface area contributed by atoms with Crippen LogP contribution < -0.4 is 10.2 Å². The maximum absolute atomic E-state index is 11.8. The number of hydrogen-bond acceptors (Lipinski definition) is 7. The second kappa shape index (κ2) is 6.95. The molecule has 0 aliphatic carbocycles. The number of nitro groups is 1. The first-order chi connectivity index (χ1) is 13.5. The molecule has 3 aromatic rings. The minimum Gasteiger partial charge on any atom is -0.478 e. The number of rotatable bonds is 5. The van der Waals surface area contributed by atoms with Crippen molar-refractivity contribution in [3.63, 3.8) is 0 Å². The third-order valence-corrected chi connectivity index (χ3v) is 4.52. The van der Waals surface area contributed by atoms with Gasteiger partial charge in [-0.2, -0.15) is 0 Å². The zero-order chi connectivity index (χ0) is 19.7. The average molecular weight is 377 g/mol. The van der Waals surface area contributed by atoms with Crippen molar-refractivity contribution >= 4 is 34.7 Å². The first-order valence-electron chi connectivity index (χ1n) is 8.50. The van der Waals surface area contributed by atoms with Crippen LogP contribution in [0.2, 0.25) is 0 Å². The fraction of sp³-hybridized carbons (Fsp3) is 0.105. The number of nitrogens with one attached hydrogen (secondary N) is 1. The van der Waals surface area contributed by atoms with Gasteiger partial charge in [-0.25, -0.2) is 14.8 Å². The molecule has 1 aliphatic heterocycles. The van der Waals surface area contributed by atoms with Crippen LogP contribution in [0.25, 0.3) is 0 Å². The average Bonchev–Trinajstić information content (AvgIpc) is 3.12. The Balaban J connectivity index is 1.72. The van der Waals surface area contributed by atoms with Gasteiger partial charge >= 0.3 is 11.7 Å². The van der Waals surface area contributed by atoms with Gasteiger partial charge in [-0.1, -0.05) is 18.2 Å². The van der Waals surface area contributed by atoms with E-state index in [0.29, 0.717) is 12.2 Å². The van der Waals surface area contributed by atoms with E-state index in [2.05, 4.69) is 15.3 Å². The number of benzene rings is 2. The van der Waals surface area contributed by atoms with E-state index in [-0.39, 0.29) is 22.9 Å². The van der Waals surface area contributed by atoms with E-state index in [4.69, 9.17) is 5.11 Å². The van der Waals surface area contributed by atoms with E-state index in [1.807, 2.05) is 29.2 Å². The molecule has 4 rings (SSSR count). The van der Waals surface area contributed by atoms with Crippen LogP contribution in [0.4, 0.5) is 28.7 Å². The van der Waals surface area contributed by atoms with Crippen LogP contribution in [-0.2, 0) is 6.42 Å². The second-order valence-corrected chi connectivity index (χ2v) is 6.19. The third-order valence-electron chi connectivity index (χ3n) is 4.52. The summed E-state index contributed by atoms with van der Waals surface area (Å²) in [6, 6.07) is 13.6. The second-order valence-electron chi connectivity index (χ2n) is 6.19. The Kier molecular flexibility index (Phi) is 4.32. The number of fused-ring (bicyclic) bond motifs is 1. The molecule has 1 aromatic heterocycles. The molecule has 0 amide bonds. The summed E-state index contributed by atoms with van der Waals surface area (Å²) >= 11 is 0. The molecule has 0 unspecified atom stereocenters. The van der Waals surface area contributed by atoms with E-state index in [9.17, 15) is 14.9 Å². The molecule has 0 saturated carbocycles. The van der Waals surface area contributed by atoms with Gasteiger partial charge in [0.05, 0.1) is 10.5 Å². The summed E-state index contributed by atoms with van der Waals surface area (Å²) in [6.45, 7) is 0.587. The van der Waals surface area contributed by atoms with Crippen molar-refractivity contribution in [2.75, 3.05) is 16.8 Å². The van der Waals surface area contributed by atoms with E-state index >= 15 is 0 Å². The summed E-state index contributed by atoms with van der Waals surface area (Å²) in [5.74, 6) is -0.786. The lowest BCUT2D eigenvalue weighted by Crippen LogP contribution is -2.17. The van der Waals surface area contributed by atoms with E-state index < -0.39 is 10.9 Å². The summed E-state index contributed by atoms with van der Waals surface area (Å²) in [6.07, 6.45) is 2.05. The zero-order valence-corrected chi connectivity index (χ0v) is 14.6. The van der Waals surface area contributed by atoms with Crippen molar-refractivity contribution in [3.8, 4) is 0 Å². The van der Waals surface area contributed by atoms with Crippen molar-refractivity contribution in [3.05, 3.63) is 76.1 Å². The highest BCUT2D eigenvalue weighted by molar-refractivity contribution is 5.88. The molecular weight excluding hydrogens is 362 g/mol. The van der Waals surface area contributed by atoms with Crippen LogP contribution in [0.3, 0.4) is 0 Å². The van der Waals surface area contributed by atoms with E-state index in [0.717, 1.165) is 17.7 Å². The molecule has 28 heavy (non-hydrogen) atoms. The van der Waals surface area contributed by atoms with Crippen molar-refractivity contribution < 1.29 is 14.8 Å². The molecular formula is C19H15N5O4. The Morgan fingerprint density at radius 1 is 1.14 bits per heavy atom. The van der Waals surface area contributed by atoms with Gasteiger partial charge in [-0.15, -0.1) is 0 Å². The molecule has 0 bridgehead atoms. The minimum absolute atomic E-state index is 0.0439. The predicted octanol–water partition coefficient (Wildman–Crippen LogP) is 3.52. The lowest BCUT2D eigenvalue weighted by Gasteiger charge is -2.19. The Bertz CT molecular complexity index is 1070. The van der Waals surface area contributed by atoms with Gasteiger partial charge in [-0.05, 0) is 42.3 Å². The number of para-hydroxylation sites is 1. The number of carboxylic acids is 1. The van der Waals surface area contributed by atoms with Crippen molar-refractivity contribution in [2.45, 2.75) is 6.42 Å². The Labute approximate surface area is 159 Å². The normalized spacial score (nSPS) is 12.5. The third kappa shape index (κ3) is 3.09. The van der Waals surface area contributed by atoms with Crippen LogP contribution in [0.5, 0.6) is 0 Å². The standard InChI is InChI=1S/C19H15N5O4/c25-19(26)13-5-7-14(8-6-13)22-17-16(24(27)28)18(21-11-20-17)23-10-9-12-3-1-2-4-15(12)23/h1-8,11H,9-10H2,(H,25,26)(H,20,21,22). The quantitative estimate of drug-likeness (QED) is 0.512. The molecule has 0 spiro atoms. The molecule has 0 atom stereocenters. The summed E-state index contributed by atoms with van der Waals surface area (Å²) in [5, 5.41) is 23.7. The maximum Gasteiger partial charge on any atom is 0.354 e. The number of carboxylic acid groups (broad SMARTS) is 1. The van der Waals surface area contributed by atoms with Crippen LogP contribution in [0, 0.1) is 10.1 Å². The smallest absolute Gasteiger partial charge is 0.354 e. The number of hydrogen-bond donors (Lipinski definition) is 2. The Morgan fingerprint density at radius 2 is 1.89 bits per heavy atom. The first kappa shape index (κ1) is 17.4. The van der Waals surface area contributed by atoms with Gasteiger partial charge < -0.3 is 15.3 Å². The molecule has 0 saturated heterocycles. The highest BCUT2D eigenvalue weighted by atomic mass is 16.6. The molecule has 2 aromatic carbocycles. The predicted molar refractivity (Wildman–Crippen MR) is 103 cm³/mol. The number of aromatic carboxylic acids is 1. The van der Waals surface area contributed by atoms with Crippen LogP contribution >= 0.6 is 0 Å². The van der Waals surface area contributed by atoms with Gasteiger partial charge in [0.25, 0.3) is 0 Å². The van der Waals surface area contributed by atoms with Crippen LogP contribution in [0.15, 0.2) is 54.9 Å². The SMILES string of the molecule is O=C(O)c1ccc(Nc2ncnc(N3CCc4ccccc43)c2[N+](=O)[O-])cc1. The minimum atomic E-state index is -1.05. The van der Waals surface area contributed by atoms with Gasteiger partial charge in [0, 0.05) is 17.9 Å². The Hall–Kier alpha value is -4.01. The molecule has 0 fully saturated rings. The van der Waals surface area contributed by atoms with E-state index in [1.165, 1.54) is 30.6 Å². The monoisotopic (exact) mass is 377 g/mol. The summed E-state index contributed by atoms with van der Waals surface area (Å²) < 4.78 is 0. The Morgan fingerprint density at radius 3 is 2.61 bits per heavy atom. The highest BCUT2D eigenvalue weighted by Gasteiger charge is 2.31. The number of anilines is 4. The number of carbonyl (C=O) groups is 1. The fourth-order valence-corrected chi connectivity index (χ4v) is 3.22. The van der Waals surface area contributed by atoms with Gasteiger partial charge in [0.15, 0.2) is 0 Å². The summed E-state index contributed by atoms with van der Waals surface area (Å²) in [4.78, 5) is 32.3. The number of nitrogens with zero attached hydrogens (tertiary/aromatic N) is 4. The molecule has 1 aliphatic rings. The summed E-state index contributed by atoms with van der Waals surface area (Å²) in [5.41, 5.74) is 2.37. The van der Waals surface area contributed by atoms with Crippen LogP contribution in [-0.4, -0.2) is 32.5 Å². The molecule has 9 heteroatoms. The van der Waals surface area contributed by atoms with E-state index in [1.54, 1.807) is 0 Å². The van der Waals surface area contributed by atoms with Gasteiger partial charge in [0.2, 0.25) is 11.6 Å². The molecule has 2 heterocycles. The number of aromatic nitrogens is 2. The fourth-order valence-electron chi connectivity index (χ4n) is 3.22. The van der Waals surface area contributed by atoms with Crippen molar-refractivity contribution in [2.24, 2.45) is 0 Å². The topological polar surface area (TPSA) is 121 Å². The van der Waals surface area contributed by atoms with Crippen molar-refractivity contribution in [1.29, 1.82) is 0 Å². The lowest BCUT2D eigenvalue weighted by molar-refractivity contribution is -0.383. The summed E-state index contributed by atoms with van der Waals surface area (Å²) in [7, 11) is 0. The van der Waals surface area contributed by atoms with Crippen LogP contribution in [0.1, 0.15) is 15.9 Å². The van der Waals surface area contributed by atoms with Crippen molar-refractivity contribution in [1.82, 2.24) is 9.97 Å². The first-order valence-corrected chi connectivity index (χ1v) is 8.50.